The van der Waals surface area contributed by atoms with E-state index in [1.54, 1.807) is 31.5 Å². The van der Waals surface area contributed by atoms with Crippen molar-refractivity contribution in [3.63, 3.8) is 0 Å². The first-order chi connectivity index (χ1) is 14.6. The molecule has 0 bridgehead atoms. The van der Waals surface area contributed by atoms with E-state index in [-0.39, 0.29) is 17.9 Å². The second-order valence-electron chi connectivity index (χ2n) is 6.93. The normalized spacial score (nSPS) is 12.4. The standard InChI is InChI=1S/C22H22N4O4/c1-14-17(22(28)26-21(25-14)15-7-9-23-10-8-15)5-6-19(27)24-13-16-3-2-4-18-20(16)30-12-11-29-18/h2-4,7-10H,5-6,11-13H2,1H3,(H,24,27)(H,25,26,28). The molecule has 0 aliphatic carbocycles. The molecule has 0 atom stereocenters. The van der Waals surface area contributed by atoms with Gasteiger partial charge in [0.05, 0.1) is 0 Å². The molecule has 1 aliphatic rings. The molecule has 0 radical (unpaired) electrons. The van der Waals surface area contributed by atoms with Crippen LogP contribution in [-0.4, -0.2) is 34.1 Å². The van der Waals surface area contributed by atoms with Gasteiger partial charge in [-0.15, -0.1) is 0 Å². The zero-order valence-corrected chi connectivity index (χ0v) is 16.6. The first kappa shape index (κ1) is 19.6. The highest BCUT2D eigenvalue weighted by Gasteiger charge is 2.16. The fraction of sp³-hybridized carbons (Fsp3) is 0.273. The minimum absolute atomic E-state index is 0.152. The van der Waals surface area contributed by atoms with Gasteiger partial charge in [-0.05, 0) is 31.5 Å². The Morgan fingerprint density at radius 1 is 1.17 bits per heavy atom. The molecule has 0 unspecified atom stereocenters. The van der Waals surface area contributed by atoms with Crippen LogP contribution in [-0.2, 0) is 17.8 Å². The number of aromatic amines is 1. The van der Waals surface area contributed by atoms with Crippen molar-refractivity contribution in [3.05, 3.63) is 69.9 Å². The quantitative estimate of drug-likeness (QED) is 0.650. The lowest BCUT2D eigenvalue weighted by atomic mass is 10.1. The highest BCUT2D eigenvalue weighted by atomic mass is 16.6. The third-order valence-corrected chi connectivity index (χ3v) is 4.90. The first-order valence-corrected chi connectivity index (χ1v) is 9.76. The van der Waals surface area contributed by atoms with Crippen LogP contribution < -0.4 is 20.3 Å². The minimum Gasteiger partial charge on any atom is -0.486 e. The number of ether oxygens (including phenoxy) is 2. The van der Waals surface area contributed by atoms with E-state index in [9.17, 15) is 9.59 Å². The van der Waals surface area contributed by atoms with Crippen molar-refractivity contribution in [1.29, 1.82) is 0 Å². The zero-order valence-electron chi connectivity index (χ0n) is 16.6. The number of amides is 1. The van der Waals surface area contributed by atoms with Crippen molar-refractivity contribution >= 4 is 5.91 Å². The third kappa shape index (κ3) is 4.32. The highest BCUT2D eigenvalue weighted by Crippen LogP contribution is 2.33. The molecule has 0 saturated heterocycles. The average molecular weight is 406 g/mol. The number of carbonyl (C=O) groups excluding carboxylic acids is 1. The molecule has 8 heteroatoms. The van der Waals surface area contributed by atoms with E-state index < -0.39 is 0 Å². The number of aromatic nitrogens is 3. The van der Waals surface area contributed by atoms with Gasteiger partial charge in [0.1, 0.15) is 19.0 Å². The highest BCUT2D eigenvalue weighted by molar-refractivity contribution is 5.76. The molecule has 1 aromatic carbocycles. The summed E-state index contributed by atoms with van der Waals surface area (Å²) in [4.78, 5) is 36.1. The Bertz CT molecular complexity index is 1110. The van der Waals surface area contributed by atoms with Crippen LogP contribution in [0, 0.1) is 6.92 Å². The van der Waals surface area contributed by atoms with E-state index in [1.807, 2.05) is 18.2 Å². The Kier molecular flexibility index (Phi) is 5.74. The summed E-state index contributed by atoms with van der Waals surface area (Å²) in [6.45, 7) is 3.12. The summed E-state index contributed by atoms with van der Waals surface area (Å²) in [7, 11) is 0. The predicted octanol–water partition coefficient (Wildman–Crippen LogP) is 2.16. The lowest BCUT2D eigenvalue weighted by Crippen LogP contribution is -2.26. The number of para-hydroxylation sites is 1. The number of pyridine rings is 1. The summed E-state index contributed by atoms with van der Waals surface area (Å²) in [6, 6.07) is 9.17. The summed E-state index contributed by atoms with van der Waals surface area (Å²) >= 11 is 0. The fourth-order valence-corrected chi connectivity index (χ4v) is 3.35. The molecule has 0 saturated carbocycles. The molecule has 30 heavy (non-hydrogen) atoms. The Labute approximate surface area is 173 Å². The van der Waals surface area contributed by atoms with Gasteiger partial charge in [-0.3, -0.25) is 14.6 Å². The SMILES string of the molecule is Cc1nc(-c2ccncc2)[nH]c(=O)c1CCC(=O)NCc1cccc2c1OCCO2. The smallest absolute Gasteiger partial charge is 0.254 e. The fourth-order valence-electron chi connectivity index (χ4n) is 3.35. The number of H-pyrrole nitrogens is 1. The van der Waals surface area contributed by atoms with Crippen molar-refractivity contribution < 1.29 is 14.3 Å². The molecule has 3 aromatic rings. The Hall–Kier alpha value is -3.68. The molecule has 8 nitrogen and oxygen atoms in total. The van der Waals surface area contributed by atoms with Crippen LogP contribution in [0.1, 0.15) is 23.2 Å². The van der Waals surface area contributed by atoms with Gasteiger partial charge in [-0.1, -0.05) is 12.1 Å². The van der Waals surface area contributed by atoms with Crippen LogP contribution in [0.25, 0.3) is 11.4 Å². The van der Waals surface area contributed by atoms with Gasteiger partial charge in [0.25, 0.3) is 5.56 Å². The summed E-state index contributed by atoms with van der Waals surface area (Å²) in [5.41, 5.74) is 2.53. The number of nitrogens with one attached hydrogen (secondary N) is 2. The summed E-state index contributed by atoms with van der Waals surface area (Å²) in [5, 5.41) is 2.88. The molecule has 154 valence electrons. The average Bonchev–Trinajstić information content (AvgIpc) is 2.77. The van der Waals surface area contributed by atoms with Gasteiger partial charge in [0.15, 0.2) is 11.5 Å². The number of hydrogen-bond donors (Lipinski definition) is 2. The van der Waals surface area contributed by atoms with Gasteiger partial charge in [-0.25, -0.2) is 4.98 Å². The van der Waals surface area contributed by atoms with E-state index >= 15 is 0 Å². The van der Waals surface area contributed by atoms with Crippen LogP contribution in [0.3, 0.4) is 0 Å². The van der Waals surface area contributed by atoms with Crippen LogP contribution in [0.2, 0.25) is 0 Å². The molecule has 0 spiro atoms. The molecule has 4 rings (SSSR count). The lowest BCUT2D eigenvalue weighted by molar-refractivity contribution is -0.121. The van der Waals surface area contributed by atoms with Gasteiger partial charge in [0, 0.05) is 47.7 Å². The van der Waals surface area contributed by atoms with Crippen molar-refractivity contribution in [2.75, 3.05) is 13.2 Å². The van der Waals surface area contributed by atoms with E-state index in [2.05, 4.69) is 20.3 Å². The van der Waals surface area contributed by atoms with Gasteiger partial charge in [-0.2, -0.15) is 0 Å². The van der Waals surface area contributed by atoms with Crippen molar-refractivity contribution in [2.24, 2.45) is 0 Å². The van der Waals surface area contributed by atoms with Crippen LogP contribution in [0.4, 0.5) is 0 Å². The molecule has 1 amide bonds. The number of rotatable bonds is 6. The molecular weight excluding hydrogens is 384 g/mol. The summed E-state index contributed by atoms with van der Waals surface area (Å²) in [6.07, 6.45) is 3.78. The van der Waals surface area contributed by atoms with Crippen molar-refractivity contribution in [2.45, 2.75) is 26.3 Å². The second kappa shape index (κ2) is 8.77. The number of aryl methyl sites for hydroxylation is 1. The van der Waals surface area contributed by atoms with Crippen LogP contribution in [0.15, 0.2) is 47.5 Å². The van der Waals surface area contributed by atoms with Gasteiger partial charge >= 0.3 is 0 Å². The maximum Gasteiger partial charge on any atom is 0.254 e. The second-order valence-corrected chi connectivity index (χ2v) is 6.93. The molecule has 2 N–H and O–H groups in total. The molecule has 2 aromatic heterocycles. The first-order valence-electron chi connectivity index (χ1n) is 9.76. The lowest BCUT2D eigenvalue weighted by Gasteiger charge is -2.21. The molecular formula is C22H22N4O4. The zero-order chi connectivity index (χ0) is 20.9. The minimum atomic E-state index is -0.232. The Morgan fingerprint density at radius 2 is 1.97 bits per heavy atom. The maximum atomic E-state index is 12.5. The largest absolute Gasteiger partial charge is 0.486 e. The number of benzene rings is 1. The Morgan fingerprint density at radius 3 is 2.77 bits per heavy atom. The number of hydrogen-bond acceptors (Lipinski definition) is 6. The maximum absolute atomic E-state index is 12.5. The number of nitrogens with zero attached hydrogens (tertiary/aromatic N) is 2. The molecule has 1 aliphatic heterocycles. The van der Waals surface area contributed by atoms with Gasteiger partial charge in [0.2, 0.25) is 5.91 Å². The van der Waals surface area contributed by atoms with Crippen LogP contribution >= 0.6 is 0 Å². The van der Waals surface area contributed by atoms with Crippen molar-refractivity contribution in [3.8, 4) is 22.9 Å². The third-order valence-electron chi connectivity index (χ3n) is 4.90. The summed E-state index contributed by atoms with van der Waals surface area (Å²) in [5.74, 6) is 1.70. The van der Waals surface area contributed by atoms with Crippen molar-refractivity contribution in [1.82, 2.24) is 20.3 Å². The number of fused-ring (bicyclic) bond motifs is 1. The van der Waals surface area contributed by atoms with Crippen LogP contribution in [0.5, 0.6) is 11.5 Å². The van der Waals surface area contributed by atoms with E-state index in [0.717, 1.165) is 11.1 Å². The van der Waals surface area contributed by atoms with E-state index in [1.165, 1.54) is 0 Å². The predicted molar refractivity (Wildman–Crippen MR) is 110 cm³/mol. The molecule has 3 heterocycles. The van der Waals surface area contributed by atoms with E-state index in [0.29, 0.717) is 54.8 Å². The Balaban J connectivity index is 1.38. The topological polar surface area (TPSA) is 106 Å². The van der Waals surface area contributed by atoms with Gasteiger partial charge < -0.3 is 19.8 Å². The molecule has 0 fully saturated rings. The number of carbonyl (C=O) groups is 1. The van der Waals surface area contributed by atoms with E-state index in [4.69, 9.17) is 9.47 Å². The summed E-state index contributed by atoms with van der Waals surface area (Å²) < 4.78 is 11.2. The monoisotopic (exact) mass is 406 g/mol.